The van der Waals surface area contributed by atoms with Crippen molar-refractivity contribution in [3.63, 3.8) is 0 Å². The average molecular weight is 197 g/mol. The lowest BCUT2D eigenvalue weighted by Gasteiger charge is -2.16. The summed E-state index contributed by atoms with van der Waals surface area (Å²) in [5, 5.41) is 4.03. The molecule has 1 atom stereocenters. The lowest BCUT2D eigenvalue weighted by atomic mass is 9.91. The first-order valence-corrected chi connectivity index (χ1v) is 5.29. The molecule has 0 heterocycles. The van der Waals surface area contributed by atoms with Crippen molar-refractivity contribution < 1.29 is 4.79 Å². The zero-order chi connectivity index (χ0) is 10.4. The molecule has 0 aromatic rings. The summed E-state index contributed by atoms with van der Waals surface area (Å²) in [6.45, 7) is 2.23. The lowest BCUT2D eigenvalue weighted by molar-refractivity contribution is 0.249. The van der Waals surface area contributed by atoms with Crippen LogP contribution in [-0.2, 0) is 0 Å². The maximum absolute atomic E-state index is 10.5. The molecule has 1 saturated carbocycles. The summed E-state index contributed by atoms with van der Waals surface area (Å²) in [4.78, 5) is 10.5. The molecule has 1 fully saturated rings. The molecule has 0 aromatic heterocycles. The molecule has 4 nitrogen and oxygen atoms in total. The van der Waals surface area contributed by atoms with E-state index < -0.39 is 6.03 Å². The molecule has 1 aliphatic rings. The molecule has 0 bridgehead atoms. The number of hydrogen-bond donors (Lipinski definition) is 2. The van der Waals surface area contributed by atoms with E-state index in [1.54, 1.807) is 0 Å². The molecule has 14 heavy (non-hydrogen) atoms. The van der Waals surface area contributed by atoms with E-state index in [0.717, 1.165) is 18.6 Å². The van der Waals surface area contributed by atoms with E-state index in [1.807, 2.05) is 0 Å². The molecule has 0 aliphatic heterocycles. The van der Waals surface area contributed by atoms with Gasteiger partial charge in [0.2, 0.25) is 0 Å². The van der Waals surface area contributed by atoms with Crippen molar-refractivity contribution in [2.24, 2.45) is 16.8 Å². The van der Waals surface area contributed by atoms with Crippen LogP contribution in [-0.4, -0.2) is 11.7 Å². The van der Waals surface area contributed by atoms with Gasteiger partial charge in [-0.15, -0.1) is 0 Å². The highest BCUT2D eigenvalue weighted by Crippen LogP contribution is 2.19. The van der Waals surface area contributed by atoms with E-state index in [2.05, 4.69) is 17.5 Å². The summed E-state index contributed by atoms with van der Waals surface area (Å²) < 4.78 is 0. The fourth-order valence-electron chi connectivity index (χ4n) is 1.84. The van der Waals surface area contributed by atoms with Crippen molar-refractivity contribution in [1.29, 1.82) is 0 Å². The summed E-state index contributed by atoms with van der Waals surface area (Å²) in [5.41, 5.74) is 8.35. The van der Waals surface area contributed by atoms with E-state index in [1.165, 1.54) is 25.7 Å². The summed E-state index contributed by atoms with van der Waals surface area (Å²) in [7, 11) is 0. The van der Waals surface area contributed by atoms with Crippen LogP contribution in [0.15, 0.2) is 5.10 Å². The number of hydrogen-bond acceptors (Lipinski definition) is 2. The first-order valence-electron chi connectivity index (χ1n) is 5.29. The first-order chi connectivity index (χ1) is 6.68. The molecule has 80 valence electrons. The standard InChI is InChI=1S/C10H19N3O/c1-8-5-3-2-4-6-9(7-8)12-13-10(11)14/h8H,2-7H2,1H3,(H3,11,13,14)/b12-9+/t8-/m1/s1. The van der Waals surface area contributed by atoms with Crippen LogP contribution in [0.4, 0.5) is 4.79 Å². The zero-order valence-corrected chi connectivity index (χ0v) is 8.75. The van der Waals surface area contributed by atoms with Crippen molar-refractivity contribution in [2.75, 3.05) is 0 Å². The van der Waals surface area contributed by atoms with E-state index in [-0.39, 0.29) is 0 Å². The number of rotatable bonds is 1. The largest absolute Gasteiger partial charge is 0.350 e. The second kappa shape index (κ2) is 5.62. The summed E-state index contributed by atoms with van der Waals surface area (Å²) in [6.07, 6.45) is 6.99. The number of primary amides is 1. The van der Waals surface area contributed by atoms with Crippen molar-refractivity contribution in [2.45, 2.75) is 45.4 Å². The van der Waals surface area contributed by atoms with Gasteiger partial charge in [-0.05, 0) is 25.2 Å². The Morgan fingerprint density at radius 3 is 3.00 bits per heavy atom. The topological polar surface area (TPSA) is 67.5 Å². The summed E-state index contributed by atoms with van der Waals surface area (Å²) >= 11 is 0. The van der Waals surface area contributed by atoms with Crippen LogP contribution in [0.3, 0.4) is 0 Å². The molecule has 0 radical (unpaired) electrons. The molecule has 0 unspecified atom stereocenters. The minimum absolute atomic E-state index is 0.577. The number of nitrogens with one attached hydrogen (secondary N) is 1. The third kappa shape index (κ3) is 4.25. The van der Waals surface area contributed by atoms with E-state index in [0.29, 0.717) is 5.92 Å². The molecule has 1 rings (SSSR count). The molecule has 0 spiro atoms. The number of nitrogens with zero attached hydrogens (tertiary/aromatic N) is 1. The highest BCUT2D eigenvalue weighted by molar-refractivity contribution is 5.86. The molecule has 0 aromatic carbocycles. The van der Waals surface area contributed by atoms with Gasteiger partial charge in [0.05, 0.1) is 0 Å². The monoisotopic (exact) mass is 197 g/mol. The Morgan fingerprint density at radius 2 is 2.29 bits per heavy atom. The zero-order valence-electron chi connectivity index (χ0n) is 8.75. The number of nitrogens with two attached hydrogens (primary N) is 1. The van der Waals surface area contributed by atoms with Crippen molar-refractivity contribution in [3.8, 4) is 0 Å². The van der Waals surface area contributed by atoms with Gasteiger partial charge in [0, 0.05) is 5.71 Å². The Morgan fingerprint density at radius 1 is 1.50 bits per heavy atom. The normalized spacial score (nSPS) is 26.6. The van der Waals surface area contributed by atoms with Crippen molar-refractivity contribution in [1.82, 2.24) is 5.43 Å². The summed E-state index contributed by atoms with van der Waals surface area (Å²) in [5.74, 6) is 0.670. The summed E-state index contributed by atoms with van der Waals surface area (Å²) in [6, 6.07) is -0.577. The Bertz CT molecular complexity index is 225. The predicted octanol–water partition coefficient (Wildman–Crippen LogP) is 2.00. The van der Waals surface area contributed by atoms with E-state index in [9.17, 15) is 4.79 Å². The van der Waals surface area contributed by atoms with Crippen LogP contribution in [0.2, 0.25) is 0 Å². The van der Waals surface area contributed by atoms with Gasteiger partial charge < -0.3 is 5.73 Å². The van der Waals surface area contributed by atoms with Gasteiger partial charge in [-0.1, -0.05) is 26.2 Å². The lowest BCUT2D eigenvalue weighted by Crippen LogP contribution is -2.26. The number of carbonyl (C=O) groups excluding carboxylic acids is 1. The molecule has 4 heteroatoms. The molecule has 2 amide bonds. The minimum Gasteiger partial charge on any atom is -0.350 e. The van der Waals surface area contributed by atoms with Gasteiger partial charge in [0.25, 0.3) is 0 Å². The molecule has 3 N–H and O–H groups in total. The van der Waals surface area contributed by atoms with Crippen LogP contribution >= 0.6 is 0 Å². The van der Waals surface area contributed by atoms with Gasteiger partial charge in [0.15, 0.2) is 0 Å². The van der Waals surface area contributed by atoms with Crippen LogP contribution in [0.5, 0.6) is 0 Å². The highest BCUT2D eigenvalue weighted by Gasteiger charge is 2.11. The van der Waals surface area contributed by atoms with Gasteiger partial charge in [-0.2, -0.15) is 5.10 Å². The maximum Gasteiger partial charge on any atom is 0.332 e. The third-order valence-corrected chi connectivity index (χ3v) is 2.57. The second-order valence-corrected chi connectivity index (χ2v) is 4.06. The smallest absolute Gasteiger partial charge is 0.332 e. The maximum atomic E-state index is 10.5. The van der Waals surface area contributed by atoms with Crippen molar-refractivity contribution >= 4 is 11.7 Å². The van der Waals surface area contributed by atoms with Gasteiger partial charge >= 0.3 is 6.03 Å². The quantitative estimate of drug-likeness (QED) is 0.620. The molecule has 0 saturated heterocycles. The van der Waals surface area contributed by atoms with Crippen molar-refractivity contribution in [3.05, 3.63) is 0 Å². The van der Waals surface area contributed by atoms with E-state index >= 15 is 0 Å². The molecule has 1 aliphatic carbocycles. The Kier molecular flexibility index (Phi) is 4.43. The van der Waals surface area contributed by atoms with E-state index in [4.69, 9.17) is 5.73 Å². The van der Waals surface area contributed by atoms with Gasteiger partial charge in [-0.3, -0.25) is 0 Å². The third-order valence-electron chi connectivity index (χ3n) is 2.57. The SMILES string of the molecule is C[C@@H]1CCCCC/C(=N\NC(N)=O)C1. The van der Waals surface area contributed by atoms with Crippen LogP contribution in [0.25, 0.3) is 0 Å². The molecular formula is C10H19N3O. The fraction of sp³-hybridized carbons (Fsp3) is 0.800. The Labute approximate surface area is 84.9 Å². The first kappa shape index (κ1) is 11.0. The minimum atomic E-state index is -0.577. The van der Waals surface area contributed by atoms with Gasteiger partial charge in [-0.25, -0.2) is 10.2 Å². The Hall–Kier alpha value is -1.06. The number of hydrazone groups is 1. The average Bonchev–Trinajstić information content (AvgIpc) is 2.08. The fourth-order valence-corrected chi connectivity index (χ4v) is 1.84. The highest BCUT2D eigenvalue weighted by atomic mass is 16.2. The van der Waals surface area contributed by atoms with Crippen LogP contribution in [0.1, 0.15) is 45.4 Å². The second-order valence-electron chi connectivity index (χ2n) is 4.06. The predicted molar refractivity (Wildman–Crippen MR) is 57.0 cm³/mol. The number of urea groups is 1. The van der Waals surface area contributed by atoms with Gasteiger partial charge in [0.1, 0.15) is 0 Å². The van der Waals surface area contributed by atoms with Crippen LogP contribution in [0, 0.1) is 5.92 Å². The number of amides is 2. The van der Waals surface area contributed by atoms with Crippen LogP contribution < -0.4 is 11.2 Å². The Balaban J connectivity index is 2.47. The number of carbonyl (C=O) groups is 1. The molecular weight excluding hydrogens is 178 g/mol.